The highest BCUT2D eigenvalue weighted by Gasteiger charge is 2.34. The molecule has 0 bridgehead atoms. The molecule has 2 aromatic heterocycles. The van der Waals surface area contributed by atoms with Crippen LogP contribution in [-0.2, 0) is 19.3 Å². The fourth-order valence-electron chi connectivity index (χ4n) is 4.06. The lowest BCUT2D eigenvalue weighted by molar-refractivity contribution is 0.180. The Kier molecular flexibility index (Phi) is 5.28. The minimum absolute atomic E-state index is 0.0929. The molecule has 2 aliphatic rings. The predicted molar refractivity (Wildman–Crippen MR) is 103 cm³/mol. The molecule has 28 heavy (non-hydrogen) atoms. The Morgan fingerprint density at radius 3 is 2.89 bits per heavy atom. The quantitative estimate of drug-likeness (QED) is 0.851. The number of hydrogen-bond donors (Lipinski definition) is 1. The second-order valence-electron chi connectivity index (χ2n) is 7.98. The van der Waals surface area contributed by atoms with E-state index in [2.05, 4.69) is 32.3 Å². The normalized spacial score (nSPS) is 18.7. The lowest BCUT2D eigenvalue weighted by Gasteiger charge is -2.22. The van der Waals surface area contributed by atoms with E-state index in [1.165, 1.54) is 11.3 Å². The van der Waals surface area contributed by atoms with Crippen LogP contribution in [-0.4, -0.2) is 44.1 Å². The fourth-order valence-corrected chi connectivity index (χ4v) is 4.06. The van der Waals surface area contributed by atoms with Gasteiger partial charge in [0.25, 0.3) is 0 Å². The number of rotatable bonds is 5. The number of aryl methyl sites for hydroxylation is 2. The van der Waals surface area contributed by atoms with Gasteiger partial charge < -0.3 is 14.7 Å². The first-order valence-electron chi connectivity index (χ1n) is 10.3. The summed E-state index contributed by atoms with van der Waals surface area (Å²) in [5.74, 6) is 2.24. The zero-order valence-corrected chi connectivity index (χ0v) is 16.9. The summed E-state index contributed by atoms with van der Waals surface area (Å²) >= 11 is 0. The van der Waals surface area contributed by atoms with Gasteiger partial charge in [0.2, 0.25) is 5.89 Å². The zero-order chi connectivity index (χ0) is 19.7. The summed E-state index contributed by atoms with van der Waals surface area (Å²) in [6.07, 6.45) is 5.70. The van der Waals surface area contributed by atoms with Gasteiger partial charge in [-0.25, -0.2) is 14.8 Å². The fraction of sp³-hybridized carbons (Fsp3) is 0.650. The van der Waals surface area contributed by atoms with Crippen LogP contribution in [0.5, 0.6) is 0 Å². The number of amides is 2. The van der Waals surface area contributed by atoms with Crippen LogP contribution in [0.15, 0.2) is 4.52 Å². The van der Waals surface area contributed by atoms with E-state index in [9.17, 15) is 4.79 Å². The Labute approximate surface area is 165 Å². The van der Waals surface area contributed by atoms with Gasteiger partial charge in [-0.1, -0.05) is 19.0 Å². The van der Waals surface area contributed by atoms with Crippen molar-refractivity contribution in [2.45, 2.75) is 71.3 Å². The van der Waals surface area contributed by atoms with E-state index in [0.29, 0.717) is 31.2 Å². The van der Waals surface area contributed by atoms with Crippen LogP contribution in [0, 0.1) is 6.92 Å². The van der Waals surface area contributed by atoms with E-state index in [-0.39, 0.29) is 18.0 Å². The summed E-state index contributed by atoms with van der Waals surface area (Å²) in [6.45, 7) is 7.32. The van der Waals surface area contributed by atoms with Crippen molar-refractivity contribution in [2.75, 3.05) is 13.1 Å². The Morgan fingerprint density at radius 1 is 1.25 bits per heavy atom. The molecule has 0 spiro atoms. The maximum Gasteiger partial charge on any atom is 0.318 e. The molecule has 0 unspecified atom stereocenters. The summed E-state index contributed by atoms with van der Waals surface area (Å²) in [4.78, 5) is 28.3. The maximum absolute atomic E-state index is 12.7. The number of carbonyl (C=O) groups excluding carboxylic acids is 1. The third-order valence-corrected chi connectivity index (χ3v) is 5.58. The molecule has 150 valence electrons. The summed E-state index contributed by atoms with van der Waals surface area (Å²) in [6, 6.07) is -0.233. The van der Waals surface area contributed by atoms with Crippen LogP contribution in [0.4, 0.5) is 4.79 Å². The molecule has 1 fully saturated rings. The standard InChI is InChI=1S/C20H28N6O2/c1-12(2)18-24-19(28-25-18)16-8-5-11-26(16)20(27)21-10-9-17-22-13(3)14-6-4-7-15(14)23-17/h12,16H,4-11H2,1-3H3,(H,21,27)/t16-/m0/s1. The average Bonchev–Trinajstić information content (AvgIpc) is 3.40. The van der Waals surface area contributed by atoms with Gasteiger partial charge in [0.1, 0.15) is 11.9 Å². The smallest absolute Gasteiger partial charge is 0.318 e. The van der Waals surface area contributed by atoms with Gasteiger partial charge in [-0.15, -0.1) is 0 Å². The van der Waals surface area contributed by atoms with Crippen molar-refractivity contribution in [2.24, 2.45) is 0 Å². The Bertz CT molecular complexity index is 862. The molecule has 2 amide bonds. The van der Waals surface area contributed by atoms with Crippen molar-refractivity contribution in [3.63, 3.8) is 0 Å². The van der Waals surface area contributed by atoms with Crippen molar-refractivity contribution < 1.29 is 9.32 Å². The minimum atomic E-state index is -0.140. The molecule has 0 radical (unpaired) electrons. The molecule has 2 aromatic rings. The number of nitrogens with zero attached hydrogens (tertiary/aromatic N) is 5. The van der Waals surface area contributed by atoms with Crippen LogP contribution >= 0.6 is 0 Å². The molecule has 1 aliphatic heterocycles. The molecule has 8 heteroatoms. The largest absolute Gasteiger partial charge is 0.338 e. The van der Waals surface area contributed by atoms with Gasteiger partial charge >= 0.3 is 6.03 Å². The molecule has 0 saturated carbocycles. The van der Waals surface area contributed by atoms with Crippen molar-refractivity contribution in [1.29, 1.82) is 0 Å². The summed E-state index contributed by atoms with van der Waals surface area (Å²) in [5, 5.41) is 7.04. The number of carbonyl (C=O) groups is 1. The predicted octanol–water partition coefficient (Wildman–Crippen LogP) is 2.87. The highest BCUT2D eigenvalue weighted by Crippen LogP contribution is 2.31. The molecular formula is C20H28N6O2. The molecule has 1 saturated heterocycles. The van der Waals surface area contributed by atoms with E-state index in [1.807, 2.05) is 13.8 Å². The second kappa shape index (κ2) is 7.85. The molecule has 3 heterocycles. The number of hydrogen-bond acceptors (Lipinski definition) is 6. The first kappa shape index (κ1) is 18.8. The van der Waals surface area contributed by atoms with E-state index < -0.39 is 0 Å². The number of fused-ring (bicyclic) bond motifs is 1. The van der Waals surface area contributed by atoms with Gasteiger partial charge in [0.05, 0.1) is 0 Å². The van der Waals surface area contributed by atoms with Gasteiger partial charge in [-0.2, -0.15) is 4.98 Å². The van der Waals surface area contributed by atoms with Crippen LogP contribution in [0.3, 0.4) is 0 Å². The number of nitrogens with one attached hydrogen (secondary N) is 1. The van der Waals surface area contributed by atoms with Crippen molar-refractivity contribution in [1.82, 2.24) is 30.3 Å². The van der Waals surface area contributed by atoms with Crippen molar-refractivity contribution in [3.05, 3.63) is 34.5 Å². The van der Waals surface area contributed by atoms with E-state index in [4.69, 9.17) is 4.52 Å². The lowest BCUT2D eigenvalue weighted by atomic mass is 10.2. The van der Waals surface area contributed by atoms with E-state index in [1.54, 1.807) is 4.90 Å². The molecule has 4 rings (SSSR count). The van der Waals surface area contributed by atoms with Crippen LogP contribution < -0.4 is 5.32 Å². The third-order valence-electron chi connectivity index (χ3n) is 5.58. The van der Waals surface area contributed by atoms with E-state index in [0.717, 1.165) is 43.6 Å². The second-order valence-corrected chi connectivity index (χ2v) is 7.98. The Hall–Kier alpha value is -2.51. The molecule has 1 atom stereocenters. The lowest BCUT2D eigenvalue weighted by Crippen LogP contribution is -2.40. The van der Waals surface area contributed by atoms with Crippen molar-refractivity contribution in [3.8, 4) is 0 Å². The summed E-state index contributed by atoms with van der Waals surface area (Å²) < 4.78 is 5.42. The van der Waals surface area contributed by atoms with Gasteiger partial charge in [-0.3, -0.25) is 0 Å². The van der Waals surface area contributed by atoms with Crippen LogP contribution in [0.25, 0.3) is 0 Å². The topological polar surface area (TPSA) is 97.0 Å². The molecule has 1 N–H and O–H groups in total. The number of likely N-dealkylation sites (tertiary alicyclic amines) is 1. The van der Waals surface area contributed by atoms with Gasteiger partial charge in [0, 0.05) is 36.8 Å². The third kappa shape index (κ3) is 3.72. The van der Waals surface area contributed by atoms with Crippen LogP contribution in [0.2, 0.25) is 0 Å². The first-order chi connectivity index (χ1) is 13.5. The maximum atomic E-state index is 12.7. The van der Waals surface area contributed by atoms with Crippen molar-refractivity contribution >= 4 is 6.03 Å². The van der Waals surface area contributed by atoms with Crippen LogP contribution in [0.1, 0.15) is 79.6 Å². The number of urea groups is 1. The zero-order valence-electron chi connectivity index (χ0n) is 16.9. The van der Waals surface area contributed by atoms with E-state index >= 15 is 0 Å². The molecule has 1 aliphatic carbocycles. The monoisotopic (exact) mass is 384 g/mol. The summed E-state index contributed by atoms with van der Waals surface area (Å²) in [7, 11) is 0. The number of aromatic nitrogens is 4. The molecule has 0 aromatic carbocycles. The molecular weight excluding hydrogens is 356 g/mol. The molecule has 8 nitrogen and oxygen atoms in total. The van der Waals surface area contributed by atoms with Gasteiger partial charge in [-0.05, 0) is 44.6 Å². The Balaban J connectivity index is 1.35. The first-order valence-corrected chi connectivity index (χ1v) is 10.3. The average molecular weight is 384 g/mol. The minimum Gasteiger partial charge on any atom is -0.338 e. The Morgan fingerprint density at radius 2 is 2.11 bits per heavy atom. The van der Waals surface area contributed by atoms with Gasteiger partial charge in [0.15, 0.2) is 5.82 Å². The highest BCUT2D eigenvalue weighted by atomic mass is 16.5. The highest BCUT2D eigenvalue weighted by molar-refractivity contribution is 5.74. The SMILES string of the molecule is Cc1nc(CCNC(=O)N2CCC[C@H]2c2nc(C(C)C)no2)nc2c1CCC2. The summed E-state index contributed by atoms with van der Waals surface area (Å²) in [5.41, 5.74) is 3.58.